The van der Waals surface area contributed by atoms with E-state index in [0.29, 0.717) is 0 Å². The van der Waals surface area contributed by atoms with E-state index in [0.717, 1.165) is 37.6 Å². The van der Waals surface area contributed by atoms with E-state index in [9.17, 15) is 0 Å². The summed E-state index contributed by atoms with van der Waals surface area (Å²) in [6.07, 6.45) is 1.00. The number of anilines is 2. The lowest BCUT2D eigenvalue weighted by atomic mass is 10.1. The Morgan fingerprint density at radius 1 is 1.40 bits per heavy atom. The molecule has 0 radical (unpaired) electrons. The molecule has 1 rings (SSSR count). The topological polar surface area (TPSA) is 47.3 Å². The number of nitrogens with one attached hydrogen (secondary N) is 1. The van der Waals surface area contributed by atoms with Crippen molar-refractivity contribution in [1.82, 2.24) is 0 Å². The molecule has 0 saturated heterocycles. The van der Waals surface area contributed by atoms with Crippen LogP contribution in [0.3, 0.4) is 0 Å². The summed E-state index contributed by atoms with van der Waals surface area (Å²) in [7, 11) is 0. The molecular formula is C12H20N2O. The second kappa shape index (κ2) is 6.30. The Morgan fingerprint density at radius 2 is 2.20 bits per heavy atom. The van der Waals surface area contributed by atoms with Crippen molar-refractivity contribution in [3.05, 3.63) is 23.8 Å². The van der Waals surface area contributed by atoms with Gasteiger partial charge in [0.1, 0.15) is 0 Å². The van der Waals surface area contributed by atoms with Gasteiger partial charge in [-0.15, -0.1) is 0 Å². The molecule has 0 aliphatic heterocycles. The molecular weight excluding hydrogens is 188 g/mol. The first-order valence-corrected chi connectivity index (χ1v) is 5.42. The van der Waals surface area contributed by atoms with Gasteiger partial charge in [0, 0.05) is 19.8 Å². The van der Waals surface area contributed by atoms with Crippen molar-refractivity contribution >= 4 is 11.4 Å². The van der Waals surface area contributed by atoms with Gasteiger partial charge < -0.3 is 15.8 Å². The van der Waals surface area contributed by atoms with Crippen LogP contribution < -0.4 is 11.1 Å². The number of nitrogen functional groups attached to an aromatic ring is 1. The molecule has 0 aromatic heterocycles. The molecule has 0 unspecified atom stereocenters. The smallest absolute Gasteiger partial charge is 0.0603 e. The molecule has 3 nitrogen and oxygen atoms in total. The Labute approximate surface area is 91.6 Å². The molecule has 0 bridgehead atoms. The molecule has 0 atom stereocenters. The van der Waals surface area contributed by atoms with Gasteiger partial charge in [-0.05, 0) is 31.9 Å². The highest BCUT2D eigenvalue weighted by atomic mass is 16.5. The minimum absolute atomic E-state index is 0.784. The maximum Gasteiger partial charge on any atom is 0.0603 e. The standard InChI is InChI=1S/C12H20N2O/c1-3-15-9-5-8-14-12-10(2)6-4-7-11(12)13/h4,6-7,14H,3,5,8-9,13H2,1-2H3. The average Bonchev–Trinajstić information content (AvgIpc) is 2.21. The molecule has 0 saturated carbocycles. The largest absolute Gasteiger partial charge is 0.397 e. The molecule has 0 aliphatic carbocycles. The number of ether oxygens (including phenoxy) is 1. The third-order valence-corrected chi connectivity index (χ3v) is 2.28. The Hall–Kier alpha value is -1.22. The molecule has 1 aromatic carbocycles. The van der Waals surface area contributed by atoms with Crippen LogP contribution in [-0.2, 0) is 4.74 Å². The lowest BCUT2D eigenvalue weighted by molar-refractivity contribution is 0.147. The Bertz CT molecular complexity index is 279. The fraction of sp³-hybridized carbons (Fsp3) is 0.500. The van der Waals surface area contributed by atoms with Gasteiger partial charge in [-0.1, -0.05) is 12.1 Å². The minimum atomic E-state index is 0.784. The Morgan fingerprint density at radius 3 is 2.87 bits per heavy atom. The zero-order valence-corrected chi connectivity index (χ0v) is 9.55. The zero-order valence-electron chi connectivity index (χ0n) is 9.55. The summed E-state index contributed by atoms with van der Waals surface area (Å²) in [5.74, 6) is 0. The van der Waals surface area contributed by atoms with Crippen LogP contribution in [0.5, 0.6) is 0 Å². The zero-order chi connectivity index (χ0) is 11.1. The van der Waals surface area contributed by atoms with Crippen LogP contribution in [-0.4, -0.2) is 19.8 Å². The molecule has 0 heterocycles. The second-order valence-corrected chi connectivity index (χ2v) is 3.52. The predicted molar refractivity (Wildman–Crippen MR) is 65.2 cm³/mol. The van der Waals surface area contributed by atoms with Crippen LogP contribution in [0.25, 0.3) is 0 Å². The number of hydrogen-bond donors (Lipinski definition) is 2. The molecule has 15 heavy (non-hydrogen) atoms. The van der Waals surface area contributed by atoms with Crippen LogP contribution >= 0.6 is 0 Å². The second-order valence-electron chi connectivity index (χ2n) is 3.52. The third kappa shape index (κ3) is 3.80. The Kier molecular flexibility index (Phi) is 4.98. The summed E-state index contributed by atoms with van der Waals surface area (Å²) in [6.45, 7) is 6.55. The van der Waals surface area contributed by atoms with Crippen molar-refractivity contribution in [2.45, 2.75) is 20.3 Å². The fourth-order valence-corrected chi connectivity index (χ4v) is 1.46. The monoisotopic (exact) mass is 208 g/mol. The first-order chi connectivity index (χ1) is 7.25. The summed E-state index contributed by atoms with van der Waals surface area (Å²) in [5.41, 5.74) is 8.92. The molecule has 3 heteroatoms. The normalized spacial score (nSPS) is 10.3. The van der Waals surface area contributed by atoms with Gasteiger partial charge in [-0.3, -0.25) is 0 Å². The average molecular weight is 208 g/mol. The molecule has 0 spiro atoms. The van der Waals surface area contributed by atoms with Crippen molar-refractivity contribution in [1.29, 1.82) is 0 Å². The van der Waals surface area contributed by atoms with Gasteiger partial charge in [0.15, 0.2) is 0 Å². The lowest BCUT2D eigenvalue weighted by Crippen LogP contribution is -2.08. The molecule has 0 aliphatic rings. The van der Waals surface area contributed by atoms with Gasteiger partial charge in [0.2, 0.25) is 0 Å². The van der Waals surface area contributed by atoms with E-state index in [1.54, 1.807) is 0 Å². The van der Waals surface area contributed by atoms with Crippen molar-refractivity contribution in [2.75, 3.05) is 30.8 Å². The van der Waals surface area contributed by atoms with Crippen LogP contribution in [0, 0.1) is 6.92 Å². The van der Waals surface area contributed by atoms with Gasteiger partial charge in [-0.25, -0.2) is 0 Å². The Balaban J connectivity index is 2.37. The number of rotatable bonds is 6. The van der Waals surface area contributed by atoms with Crippen LogP contribution in [0.2, 0.25) is 0 Å². The first kappa shape index (κ1) is 11.9. The van der Waals surface area contributed by atoms with Crippen LogP contribution in [0.4, 0.5) is 11.4 Å². The van der Waals surface area contributed by atoms with E-state index in [2.05, 4.69) is 18.3 Å². The maximum absolute atomic E-state index is 5.87. The SMILES string of the molecule is CCOCCCNc1c(C)cccc1N. The van der Waals surface area contributed by atoms with E-state index in [-0.39, 0.29) is 0 Å². The van der Waals surface area contributed by atoms with Gasteiger partial charge in [-0.2, -0.15) is 0 Å². The highest BCUT2D eigenvalue weighted by Gasteiger charge is 2.00. The molecule has 0 amide bonds. The van der Waals surface area contributed by atoms with Gasteiger partial charge >= 0.3 is 0 Å². The van der Waals surface area contributed by atoms with Gasteiger partial charge in [0.25, 0.3) is 0 Å². The number of benzene rings is 1. The van der Waals surface area contributed by atoms with E-state index in [1.807, 2.05) is 19.1 Å². The molecule has 1 aromatic rings. The fourth-order valence-electron chi connectivity index (χ4n) is 1.46. The summed E-state index contributed by atoms with van der Waals surface area (Å²) >= 11 is 0. The van der Waals surface area contributed by atoms with E-state index >= 15 is 0 Å². The molecule has 3 N–H and O–H groups in total. The van der Waals surface area contributed by atoms with E-state index in [1.165, 1.54) is 5.56 Å². The van der Waals surface area contributed by atoms with Crippen molar-refractivity contribution in [2.24, 2.45) is 0 Å². The van der Waals surface area contributed by atoms with Gasteiger partial charge in [0.05, 0.1) is 11.4 Å². The van der Waals surface area contributed by atoms with Crippen molar-refractivity contribution < 1.29 is 4.74 Å². The van der Waals surface area contributed by atoms with Crippen LogP contribution in [0.15, 0.2) is 18.2 Å². The van der Waals surface area contributed by atoms with E-state index < -0.39 is 0 Å². The van der Waals surface area contributed by atoms with Crippen molar-refractivity contribution in [3.8, 4) is 0 Å². The summed E-state index contributed by atoms with van der Waals surface area (Å²) in [4.78, 5) is 0. The van der Waals surface area contributed by atoms with Crippen molar-refractivity contribution in [3.63, 3.8) is 0 Å². The number of aryl methyl sites for hydroxylation is 1. The van der Waals surface area contributed by atoms with Crippen LogP contribution in [0.1, 0.15) is 18.9 Å². The summed E-state index contributed by atoms with van der Waals surface area (Å²) < 4.78 is 5.26. The lowest BCUT2D eigenvalue weighted by Gasteiger charge is -2.11. The first-order valence-electron chi connectivity index (χ1n) is 5.42. The molecule has 84 valence electrons. The third-order valence-electron chi connectivity index (χ3n) is 2.28. The summed E-state index contributed by atoms with van der Waals surface area (Å²) in [6, 6.07) is 5.94. The number of nitrogens with two attached hydrogens (primary N) is 1. The highest BCUT2D eigenvalue weighted by Crippen LogP contribution is 2.22. The highest BCUT2D eigenvalue weighted by molar-refractivity contribution is 5.69. The quantitative estimate of drug-likeness (QED) is 0.557. The number of hydrogen-bond acceptors (Lipinski definition) is 3. The van der Waals surface area contributed by atoms with E-state index in [4.69, 9.17) is 10.5 Å². The minimum Gasteiger partial charge on any atom is -0.397 e. The molecule has 0 fully saturated rings. The summed E-state index contributed by atoms with van der Waals surface area (Å²) in [5, 5.41) is 3.34. The predicted octanol–water partition coefficient (Wildman–Crippen LogP) is 2.42. The number of para-hydroxylation sites is 1. The maximum atomic E-state index is 5.87.